The van der Waals surface area contributed by atoms with E-state index in [-0.39, 0.29) is 0 Å². The van der Waals surface area contributed by atoms with Crippen LogP contribution >= 0.6 is 0 Å². The van der Waals surface area contributed by atoms with Gasteiger partial charge in [-0.05, 0) is 87.5 Å². The summed E-state index contributed by atoms with van der Waals surface area (Å²) in [6.07, 6.45) is 1.88. The number of hydrogen-bond acceptors (Lipinski definition) is 3. The molecule has 0 aliphatic carbocycles. The van der Waals surface area contributed by atoms with Crippen molar-refractivity contribution in [3.63, 3.8) is 0 Å². The summed E-state index contributed by atoms with van der Waals surface area (Å²) in [5.41, 5.74) is 10.0. The highest BCUT2D eigenvalue weighted by Crippen LogP contribution is 2.38. The van der Waals surface area contributed by atoms with E-state index in [2.05, 4.69) is 221 Å². The topological polar surface area (TPSA) is 49.0 Å². The highest BCUT2D eigenvalue weighted by molar-refractivity contribution is 7.21. The van der Waals surface area contributed by atoms with Crippen molar-refractivity contribution in [3.8, 4) is 11.4 Å². The second-order valence-corrected chi connectivity index (χ2v) is 20.7. The molecule has 304 valence electrons. The Morgan fingerprint density at radius 2 is 0.769 bits per heavy atom. The summed E-state index contributed by atoms with van der Waals surface area (Å²) in [6, 6.07) is 78.9. The summed E-state index contributed by atoms with van der Waals surface area (Å²) in [4.78, 5) is 4.89. The lowest BCUT2D eigenvalue weighted by atomic mass is 10.1. The molecule has 0 spiro atoms. The number of pyridine rings is 1. The van der Waals surface area contributed by atoms with Crippen molar-refractivity contribution in [3.05, 3.63) is 225 Å². The van der Waals surface area contributed by atoms with Crippen molar-refractivity contribution in [1.82, 2.24) is 14.1 Å². The maximum atomic E-state index is 7.19. The summed E-state index contributed by atoms with van der Waals surface area (Å²) in [7, 11) is -3.24. The Balaban J connectivity index is 1.04. The fraction of sp³-hybridized carbons (Fsp3) is 0. The second kappa shape index (κ2) is 13.8. The zero-order chi connectivity index (χ0) is 42.6. The van der Waals surface area contributed by atoms with E-state index < -0.39 is 8.07 Å². The van der Waals surface area contributed by atoms with Gasteiger partial charge in [0, 0.05) is 60.7 Å². The predicted octanol–water partition coefficient (Wildman–Crippen LogP) is 12.5. The summed E-state index contributed by atoms with van der Waals surface area (Å²) in [6.45, 7) is 0. The molecule has 9 aromatic carbocycles. The van der Waals surface area contributed by atoms with Crippen LogP contribution in [0.4, 0.5) is 0 Å². The predicted molar refractivity (Wildman–Crippen MR) is 271 cm³/mol. The van der Waals surface area contributed by atoms with Gasteiger partial charge in [-0.15, -0.1) is 0 Å². The molecular formula is C59H37N3O2Si. The maximum absolute atomic E-state index is 7.19. The van der Waals surface area contributed by atoms with Gasteiger partial charge in [0.15, 0.2) is 8.07 Å². The van der Waals surface area contributed by atoms with E-state index in [0.717, 1.165) is 71.8 Å². The molecule has 0 aliphatic heterocycles. The first-order chi connectivity index (χ1) is 32.3. The quantitative estimate of drug-likeness (QED) is 0.124. The molecule has 0 aliphatic rings. The molecule has 0 atom stereocenters. The van der Waals surface area contributed by atoms with Gasteiger partial charge in [0.1, 0.15) is 28.0 Å². The minimum Gasteiger partial charge on any atom is -0.456 e. The fourth-order valence-corrected chi connectivity index (χ4v) is 16.0. The molecule has 14 aromatic rings. The third kappa shape index (κ3) is 5.05. The Morgan fingerprint density at radius 3 is 1.31 bits per heavy atom. The maximum Gasteiger partial charge on any atom is 0.188 e. The molecule has 6 heteroatoms. The van der Waals surface area contributed by atoms with Crippen LogP contribution in [0.15, 0.2) is 233 Å². The van der Waals surface area contributed by atoms with E-state index in [1.807, 2.05) is 12.3 Å². The molecule has 5 aromatic heterocycles. The lowest BCUT2D eigenvalue weighted by Gasteiger charge is -2.34. The largest absolute Gasteiger partial charge is 0.456 e. The van der Waals surface area contributed by atoms with Gasteiger partial charge in [-0.3, -0.25) is 4.57 Å². The fourth-order valence-electron chi connectivity index (χ4n) is 11.0. The van der Waals surface area contributed by atoms with Crippen LogP contribution in [0.25, 0.3) is 99.0 Å². The van der Waals surface area contributed by atoms with Crippen molar-refractivity contribution >= 4 is 116 Å². The van der Waals surface area contributed by atoms with E-state index in [1.54, 1.807) is 0 Å². The van der Waals surface area contributed by atoms with E-state index >= 15 is 0 Å². The number of rotatable bonds is 6. The van der Waals surface area contributed by atoms with Crippen molar-refractivity contribution in [2.24, 2.45) is 0 Å². The average molecular weight is 848 g/mol. The van der Waals surface area contributed by atoms with Gasteiger partial charge in [-0.2, -0.15) is 0 Å². The van der Waals surface area contributed by atoms with Gasteiger partial charge in [0.05, 0.1) is 16.6 Å². The number of fused-ring (bicyclic) bond motifs is 12. The number of aromatic nitrogens is 3. The minimum atomic E-state index is -3.24. The molecule has 0 saturated heterocycles. The zero-order valence-corrected chi connectivity index (χ0v) is 36.0. The average Bonchev–Trinajstić information content (AvgIpc) is 4.13. The van der Waals surface area contributed by atoms with Crippen LogP contribution in [-0.4, -0.2) is 22.2 Å². The van der Waals surface area contributed by atoms with Gasteiger partial charge >= 0.3 is 0 Å². The van der Waals surface area contributed by atoms with Crippen LogP contribution in [0.3, 0.4) is 0 Å². The van der Waals surface area contributed by atoms with E-state index in [4.69, 9.17) is 13.8 Å². The van der Waals surface area contributed by atoms with Gasteiger partial charge < -0.3 is 13.4 Å². The molecule has 65 heavy (non-hydrogen) atoms. The van der Waals surface area contributed by atoms with E-state index in [9.17, 15) is 0 Å². The highest BCUT2D eigenvalue weighted by atomic mass is 28.3. The lowest BCUT2D eigenvalue weighted by molar-refractivity contribution is 0.670. The molecule has 14 rings (SSSR count). The summed E-state index contributed by atoms with van der Waals surface area (Å²) in [5.74, 6) is 0. The molecular weight excluding hydrogens is 811 g/mol. The van der Waals surface area contributed by atoms with Crippen molar-refractivity contribution in [2.75, 3.05) is 0 Å². The highest BCUT2D eigenvalue weighted by Gasteiger charge is 2.45. The molecule has 0 fully saturated rings. The van der Waals surface area contributed by atoms with Gasteiger partial charge in [-0.25, -0.2) is 4.98 Å². The van der Waals surface area contributed by atoms with Crippen LogP contribution in [-0.2, 0) is 0 Å². The minimum absolute atomic E-state index is 0.841. The van der Waals surface area contributed by atoms with Gasteiger partial charge in [0.25, 0.3) is 0 Å². The summed E-state index contributed by atoms with van der Waals surface area (Å²) < 4.78 is 19.0. The molecule has 0 N–H and O–H groups in total. The van der Waals surface area contributed by atoms with Crippen LogP contribution in [0.1, 0.15) is 0 Å². The number of nitrogens with zero attached hydrogens (tertiary/aromatic N) is 3. The van der Waals surface area contributed by atoms with Crippen molar-refractivity contribution in [1.29, 1.82) is 0 Å². The Kier molecular flexibility index (Phi) is 7.64. The number of para-hydroxylation sites is 5. The molecule has 0 radical (unpaired) electrons. The monoisotopic (exact) mass is 847 g/mol. The van der Waals surface area contributed by atoms with E-state index in [0.29, 0.717) is 0 Å². The first-order valence-electron chi connectivity index (χ1n) is 22.1. The van der Waals surface area contributed by atoms with Crippen LogP contribution in [0, 0.1) is 0 Å². The van der Waals surface area contributed by atoms with Gasteiger partial charge in [0.2, 0.25) is 0 Å². The van der Waals surface area contributed by atoms with Crippen molar-refractivity contribution in [2.45, 2.75) is 0 Å². The van der Waals surface area contributed by atoms with Crippen molar-refractivity contribution < 1.29 is 8.83 Å². The van der Waals surface area contributed by atoms with Crippen LogP contribution in [0.5, 0.6) is 0 Å². The lowest BCUT2D eigenvalue weighted by Crippen LogP contribution is -2.75. The Labute approximate surface area is 373 Å². The Bertz CT molecular complexity index is 3820. The molecule has 0 amide bonds. The van der Waals surface area contributed by atoms with Crippen LogP contribution < -0.4 is 20.7 Å². The number of furan rings is 2. The molecule has 0 unspecified atom stereocenters. The smallest absolute Gasteiger partial charge is 0.188 e. The summed E-state index contributed by atoms with van der Waals surface area (Å²) >= 11 is 0. The third-order valence-corrected chi connectivity index (χ3v) is 18.5. The Morgan fingerprint density at radius 1 is 0.338 bits per heavy atom. The zero-order valence-electron chi connectivity index (χ0n) is 35.0. The third-order valence-electron chi connectivity index (χ3n) is 13.7. The molecule has 0 bridgehead atoms. The number of hydrogen-bond donors (Lipinski definition) is 0. The number of benzene rings is 9. The summed E-state index contributed by atoms with van der Waals surface area (Å²) in [5, 5.41) is 13.9. The Hall–Kier alpha value is -8.45. The standard InChI is InChI=1S/C59H37N3O2Si/c1-3-16-40(17-4-1)65(41-18-5-2-6-19-41,55-29-13-23-45-48-36-38(31-33-53(48)63-57(45)55)61-50-26-10-7-20-42(50)43-21-8-11-27-51(43)61)56-30-14-24-46-49-37-39(32-34-54(49)64-58(46)56)62-52-28-12-9-22-44(52)47-25-15-35-60-59(47)62/h1-37H. The molecule has 5 heterocycles. The normalized spacial score (nSPS) is 12.3. The van der Waals surface area contributed by atoms with Gasteiger partial charge in [-0.1, -0.05) is 152 Å². The SMILES string of the molecule is c1ccc([Si](c2ccccc2)(c2cccc3c2oc2ccc(-n4c5ccccc5c5ccccc54)cc23)c2cccc3c2oc2ccc(-n4c5ccccc5c5cccnc54)cc23)cc1. The van der Waals surface area contributed by atoms with E-state index in [1.165, 1.54) is 47.9 Å². The molecule has 0 saturated carbocycles. The molecule has 5 nitrogen and oxygen atoms in total. The first kappa shape index (κ1) is 36.1. The first-order valence-corrected chi connectivity index (χ1v) is 24.1. The second-order valence-electron chi connectivity index (χ2n) is 17.0. The van der Waals surface area contributed by atoms with Crippen LogP contribution in [0.2, 0.25) is 0 Å².